The van der Waals surface area contributed by atoms with Crippen LogP contribution in [-0.4, -0.2) is 26.6 Å². The lowest BCUT2D eigenvalue weighted by molar-refractivity contribution is 0.242. The zero-order chi connectivity index (χ0) is 18.4. The van der Waals surface area contributed by atoms with E-state index in [2.05, 4.69) is 20.3 Å². The van der Waals surface area contributed by atoms with E-state index in [0.29, 0.717) is 12.5 Å². The normalized spacial score (nSPS) is 11.6. The Bertz CT molecular complexity index is 839. The van der Waals surface area contributed by atoms with Crippen molar-refractivity contribution >= 4 is 11.6 Å². The molecule has 0 fully saturated rings. The highest BCUT2D eigenvalue weighted by molar-refractivity contribution is 5.92. The molecular weight excluding hydrogens is 328 g/mol. The predicted octanol–water partition coefficient (Wildman–Crippen LogP) is 2.98. The van der Waals surface area contributed by atoms with Crippen LogP contribution in [0.1, 0.15) is 19.4 Å². The van der Waals surface area contributed by atoms with Gasteiger partial charge in [-0.3, -0.25) is 4.57 Å². The Morgan fingerprint density at radius 2 is 2.04 bits per heavy atom. The number of hydrogen-bond acceptors (Lipinski definition) is 4. The number of pyridine rings is 1. The topological polar surface area (TPSA) is 90.3 Å². The molecule has 0 aliphatic heterocycles. The van der Waals surface area contributed by atoms with Crippen molar-refractivity contribution in [3.63, 3.8) is 0 Å². The number of hydrogen-bond donors (Lipinski definition) is 2. The Labute approximate surface area is 152 Å². The Hall–Kier alpha value is -3.35. The van der Waals surface area contributed by atoms with Gasteiger partial charge in [0.05, 0.1) is 12.6 Å². The van der Waals surface area contributed by atoms with Crippen LogP contribution in [0.4, 0.5) is 5.69 Å². The first kappa shape index (κ1) is 17.5. The van der Waals surface area contributed by atoms with E-state index in [9.17, 15) is 0 Å². The number of nitrogens with zero attached hydrogens (tertiary/aromatic N) is 4. The predicted molar refractivity (Wildman–Crippen MR) is 103 cm³/mol. The van der Waals surface area contributed by atoms with Crippen LogP contribution in [0.3, 0.4) is 0 Å². The van der Waals surface area contributed by atoms with Crippen LogP contribution in [0.15, 0.2) is 66.3 Å². The highest BCUT2D eigenvalue weighted by Crippen LogP contribution is 2.16. The minimum absolute atomic E-state index is 0.147. The van der Waals surface area contributed by atoms with Gasteiger partial charge >= 0.3 is 0 Å². The first-order valence-electron chi connectivity index (χ1n) is 8.37. The maximum absolute atomic E-state index is 5.95. The van der Waals surface area contributed by atoms with E-state index in [1.165, 1.54) is 0 Å². The van der Waals surface area contributed by atoms with Gasteiger partial charge in [-0.1, -0.05) is 6.07 Å². The van der Waals surface area contributed by atoms with Crippen LogP contribution >= 0.6 is 0 Å². The Morgan fingerprint density at radius 1 is 1.23 bits per heavy atom. The molecule has 7 nitrogen and oxygen atoms in total. The van der Waals surface area contributed by atoms with Gasteiger partial charge in [-0.05, 0) is 49.7 Å². The summed E-state index contributed by atoms with van der Waals surface area (Å²) in [5.74, 6) is 1.98. The van der Waals surface area contributed by atoms with Gasteiger partial charge in [0.1, 0.15) is 17.9 Å². The van der Waals surface area contributed by atoms with Gasteiger partial charge in [0.25, 0.3) is 0 Å². The van der Waals surface area contributed by atoms with Gasteiger partial charge < -0.3 is 15.8 Å². The van der Waals surface area contributed by atoms with Crippen molar-refractivity contribution < 1.29 is 4.74 Å². The SMILES string of the molecule is CC(C)Oc1ccc(NC(N)=NCc2ccc(-n3ccnc3)nc2)cc1. The molecule has 1 aromatic carbocycles. The molecule has 2 aromatic heterocycles. The van der Waals surface area contributed by atoms with Crippen LogP contribution in [0.2, 0.25) is 0 Å². The quantitative estimate of drug-likeness (QED) is 0.527. The molecule has 0 unspecified atom stereocenters. The first-order chi connectivity index (χ1) is 12.6. The molecule has 0 aliphatic carbocycles. The van der Waals surface area contributed by atoms with Crippen molar-refractivity contribution in [3.05, 3.63) is 66.9 Å². The molecule has 0 amide bonds. The smallest absolute Gasteiger partial charge is 0.193 e. The average molecular weight is 350 g/mol. The maximum atomic E-state index is 5.95. The van der Waals surface area contributed by atoms with Gasteiger partial charge in [0.2, 0.25) is 0 Å². The number of guanidine groups is 1. The molecule has 26 heavy (non-hydrogen) atoms. The molecule has 0 saturated heterocycles. The first-order valence-corrected chi connectivity index (χ1v) is 8.37. The van der Waals surface area contributed by atoms with Crippen LogP contribution in [-0.2, 0) is 6.54 Å². The summed E-state index contributed by atoms with van der Waals surface area (Å²) < 4.78 is 7.46. The molecule has 3 aromatic rings. The Kier molecular flexibility index (Phi) is 5.48. The molecule has 2 heterocycles. The second kappa shape index (κ2) is 8.15. The van der Waals surface area contributed by atoms with Crippen molar-refractivity contribution in [1.82, 2.24) is 14.5 Å². The second-order valence-corrected chi connectivity index (χ2v) is 6.01. The number of rotatable bonds is 6. The number of aromatic nitrogens is 3. The van der Waals surface area contributed by atoms with Gasteiger partial charge in [-0.25, -0.2) is 15.0 Å². The van der Waals surface area contributed by atoms with E-state index < -0.39 is 0 Å². The number of nitrogens with one attached hydrogen (secondary N) is 1. The third-order valence-corrected chi connectivity index (χ3v) is 3.51. The van der Waals surface area contributed by atoms with Gasteiger partial charge in [-0.2, -0.15) is 0 Å². The maximum Gasteiger partial charge on any atom is 0.193 e. The van der Waals surface area contributed by atoms with Gasteiger partial charge in [0, 0.05) is 24.3 Å². The average Bonchev–Trinajstić information content (AvgIpc) is 3.16. The third-order valence-electron chi connectivity index (χ3n) is 3.51. The molecule has 0 aliphatic rings. The fraction of sp³-hybridized carbons (Fsp3) is 0.211. The van der Waals surface area contributed by atoms with E-state index in [-0.39, 0.29) is 6.10 Å². The molecule has 7 heteroatoms. The number of aliphatic imine (C=N–C) groups is 1. The number of ether oxygens (including phenoxy) is 1. The highest BCUT2D eigenvalue weighted by Gasteiger charge is 2.01. The lowest BCUT2D eigenvalue weighted by Gasteiger charge is -2.11. The third kappa shape index (κ3) is 4.83. The van der Waals surface area contributed by atoms with Gasteiger partial charge in [0.15, 0.2) is 5.96 Å². The van der Waals surface area contributed by atoms with Crippen LogP contribution in [0.5, 0.6) is 5.75 Å². The summed E-state index contributed by atoms with van der Waals surface area (Å²) in [7, 11) is 0. The summed E-state index contributed by atoms with van der Waals surface area (Å²) in [6, 6.07) is 11.5. The second-order valence-electron chi connectivity index (χ2n) is 6.01. The van der Waals surface area contributed by atoms with Crippen molar-refractivity contribution in [2.75, 3.05) is 5.32 Å². The number of anilines is 1. The van der Waals surface area contributed by atoms with E-state index in [1.54, 1.807) is 18.7 Å². The van der Waals surface area contributed by atoms with Crippen molar-refractivity contribution in [1.29, 1.82) is 0 Å². The van der Waals surface area contributed by atoms with Crippen LogP contribution < -0.4 is 15.8 Å². The van der Waals surface area contributed by atoms with Gasteiger partial charge in [-0.15, -0.1) is 0 Å². The largest absolute Gasteiger partial charge is 0.491 e. The van der Waals surface area contributed by atoms with E-state index in [0.717, 1.165) is 22.8 Å². The molecule has 3 rings (SSSR count). The number of nitrogens with two attached hydrogens (primary N) is 1. The molecule has 0 bridgehead atoms. The summed E-state index contributed by atoms with van der Waals surface area (Å²) >= 11 is 0. The Balaban J connectivity index is 1.56. The van der Waals surface area contributed by atoms with E-state index in [4.69, 9.17) is 10.5 Å². The number of benzene rings is 1. The monoisotopic (exact) mass is 350 g/mol. The van der Waals surface area contributed by atoms with Crippen molar-refractivity contribution in [3.8, 4) is 11.6 Å². The standard InChI is InChI=1S/C19H22N6O/c1-14(2)26-17-6-4-16(5-7-17)24-19(20)23-12-15-3-8-18(22-11-15)25-10-9-21-13-25/h3-11,13-14H,12H2,1-2H3,(H3,20,23,24). The van der Waals surface area contributed by atoms with Crippen molar-refractivity contribution in [2.45, 2.75) is 26.5 Å². The van der Waals surface area contributed by atoms with E-state index in [1.807, 2.05) is 61.0 Å². The molecule has 134 valence electrons. The Morgan fingerprint density at radius 3 is 2.65 bits per heavy atom. The molecule has 0 spiro atoms. The molecule has 3 N–H and O–H groups in total. The van der Waals surface area contributed by atoms with Crippen LogP contribution in [0, 0.1) is 0 Å². The lowest BCUT2D eigenvalue weighted by atomic mass is 10.3. The molecular formula is C19H22N6O. The number of imidazole rings is 1. The minimum Gasteiger partial charge on any atom is -0.491 e. The summed E-state index contributed by atoms with van der Waals surface area (Å²) in [6.45, 7) is 4.44. The molecule has 0 radical (unpaired) electrons. The summed E-state index contributed by atoms with van der Waals surface area (Å²) in [5, 5.41) is 3.07. The fourth-order valence-electron chi connectivity index (χ4n) is 2.31. The molecule has 0 saturated carbocycles. The molecule has 0 atom stereocenters. The highest BCUT2D eigenvalue weighted by atomic mass is 16.5. The summed E-state index contributed by atoms with van der Waals surface area (Å²) in [5.41, 5.74) is 7.78. The van der Waals surface area contributed by atoms with E-state index >= 15 is 0 Å². The zero-order valence-electron chi connectivity index (χ0n) is 14.8. The minimum atomic E-state index is 0.147. The zero-order valence-corrected chi connectivity index (χ0v) is 14.8. The summed E-state index contributed by atoms with van der Waals surface area (Å²) in [6.07, 6.45) is 7.20. The van der Waals surface area contributed by atoms with Crippen molar-refractivity contribution in [2.24, 2.45) is 10.7 Å². The summed E-state index contributed by atoms with van der Waals surface area (Å²) in [4.78, 5) is 12.7. The lowest BCUT2D eigenvalue weighted by Crippen LogP contribution is -2.22. The fourth-order valence-corrected chi connectivity index (χ4v) is 2.31. The van der Waals surface area contributed by atoms with Crippen LogP contribution in [0.25, 0.3) is 5.82 Å².